The van der Waals surface area contributed by atoms with E-state index >= 15 is 0 Å². The average Bonchev–Trinajstić information content (AvgIpc) is 2.80. The molecular formula is C29H52O5. The second-order valence-electron chi connectivity index (χ2n) is 9.65. The third-order valence-corrected chi connectivity index (χ3v) is 6.09. The third-order valence-electron chi connectivity index (χ3n) is 6.09. The van der Waals surface area contributed by atoms with Gasteiger partial charge < -0.3 is 14.6 Å². The predicted molar refractivity (Wildman–Crippen MR) is 141 cm³/mol. The Hall–Kier alpha value is -1.62. The van der Waals surface area contributed by atoms with Gasteiger partial charge in [0.25, 0.3) is 0 Å². The van der Waals surface area contributed by atoms with Crippen molar-refractivity contribution in [2.75, 3.05) is 13.2 Å². The lowest BCUT2D eigenvalue weighted by molar-refractivity contribution is -0.145. The summed E-state index contributed by atoms with van der Waals surface area (Å²) in [5, 5.41) is 8.75. The smallest absolute Gasteiger partial charge is 0.333 e. The van der Waals surface area contributed by atoms with Gasteiger partial charge in [0.15, 0.2) is 0 Å². The van der Waals surface area contributed by atoms with Crippen LogP contribution in [-0.2, 0) is 19.1 Å². The number of aliphatic hydroxyl groups excluding tert-OH is 1. The topological polar surface area (TPSA) is 72.8 Å². The van der Waals surface area contributed by atoms with Crippen molar-refractivity contribution in [2.24, 2.45) is 0 Å². The molecule has 0 spiro atoms. The lowest BCUT2D eigenvalue weighted by Gasteiger charge is -2.13. The molecule has 0 aliphatic heterocycles. The summed E-state index contributed by atoms with van der Waals surface area (Å²) in [4.78, 5) is 23.5. The number of rotatable bonds is 24. The molecule has 5 heteroatoms. The number of carbonyl (C=O) groups excluding carboxylic acids is 2. The van der Waals surface area contributed by atoms with Gasteiger partial charge in [-0.2, -0.15) is 0 Å². The highest BCUT2D eigenvalue weighted by molar-refractivity contribution is 5.87. The first-order valence-corrected chi connectivity index (χ1v) is 13.7. The number of hydrogen-bond acceptors (Lipinski definition) is 5. The Morgan fingerprint density at radius 2 is 1.12 bits per heavy atom. The van der Waals surface area contributed by atoms with Crippen LogP contribution >= 0.6 is 0 Å². The van der Waals surface area contributed by atoms with Crippen molar-refractivity contribution in [1.29, 1.82) is 0 Å². The Bertz CT molecular complexity index is 555. The first kappa shape index (κ1) is 32.4. The fourth-order valence-electron chi connectivity index (χ4n) is 3.79. The van der Waals surface area contributed by atoms with E-state index in [2.05, 4.69) is 13.2 Å². The molecule has 1 atom stereocenters. The minimum absolute atomic E-state index is 0.216. The zero-order valence-electron chi connectivity index (χ0n) is 22.2. The monoisotopic (exact) mass is 480 g/mol. The van der Waals surface area contributed by atoms with Gasteiger partial charge in [-0.25, -0.2) is 9.59 Å². The molecule has 0 amide bonds. The highest BCUT2D eigenvalue weighted by Gasteiger charge is 2.12. The minimum Gasteiger partial charge on any atom is -0.462 e. The van der Waals surface area contributed by atoms with Crippen LogP contribution in [0.2, 0.25) is 0 Å². The highest BCUT2D eigenvalue weighted by atomic mass is 16.6. The standard InChI is InChI=1S/C29H52O5/c1-25(2)28(31)34-27(4)22-24-33-29(32)26(3)21-19-17-15-13-11-9-7-5-6-8-10-12-14-16-18-20-23-30/h27,30H,1,3,5-24H2,2,4H3. The molecule has 0 fully saturated rings. The number of ether oxygens (including phenoxy) is 2. The maximum Gasteiger partial charge on any atom is 0.333 e. The maximum absolute atomic E-state index is 12.0. The minimum atomic E-state index is -0.420. The Balaban J connectivity index is 3.43. The molecule has 198 valence electrons. The van der Waals surface area contributed by atoms with E-state index in [4.69, 9.17) is 14.6 Å². The van der Waals surface area contributed by atoms with E-state index in [0.29, 0.717) is 30.6 Å². The van der Waals surface area contributed by atoms with Crippen LogP contribution in [0.25, 0.3) is 0 Å². The summed E-state index contributed by atoms with van der Waals surface area (Å²) in [6.07, 6.45) is 20.9. The molecule has 0 aromatic carbocycles. The van der Waals surface area contributed by atoms with Gasteiger partial charge in [-0.3, -0.25) is 0 Å². The van der Waals surface area contributed by atoms with Crippen LogP contribution in [0.3, 0.4) is 0 Å². The van der Waals surface area contributed by atoms with Crippen LogP contribution in [0, 0.1) is 0 Å². The molecule has 0 bridgehead atoms. The summed E-state index contributed by atoms with van der Waals surface area (Å²) in [7, 11) is 0. The number of carbonyl (C=O) groups is 2. The van der Waals surface area contributed by atoms with Crippen LogP contribution < -0.4 is 0 Å². The molecule has 0 aromatic rings. The molecule has 34 heavy (non-hydrogen) atoms. The van der Waals surface area contributed by atoms with Gasteiger partial charge in [-0.15, -0.1) is 0 Å². The summed E-state index contributed by atoms with van der Waals surface area (Å²) in [5.74, 6) is -0.767. The van der Waals surface area contributed by atoms with E-state index < -0.39 is 5.97 Å². The fourth-order valence-corrected chi connectivity index (χ4v) is 3.79. The molecule has 0 aliphatic rings. The van der Waals surface area contributed by atoms with Gasteiger partial charge in [0.2, 0.25) is 0 Å². The second-order valence-corrected chi connectivity index (χ2v) is 9.65. The molecule has 0 saturated carbocycles. The van der Waals surface area contributed by atoms with Crippen LogP contribution in [0.15, 0.2) is 24.3 Å². The molecule has 0 rings (SSSR count). The highest BCUT2D eigenvalue weighted by Crippen LogP contribution is 2.15. The van der Waals surface area contributed by atoms with E-state index in [9.17, 15) is 9.59 Å². The summed E-state index contributed by atoms with van der Waals surface area (Å²) < 4.78 is 10.4. The van der Waals surface area contributed by atoms with Crippen LogP contribution in [0.5, 0.6) is 0 Å². The largest absolute Gasteiger partial charge is 0.462 e. The summed E-state index contributed by atoms with van der Waals surface area (Å²) in [6, 6.07) is 0. The lowest BCUT2D eigenvalue weighted by Crippen LogP contribution is -2.18. The quantitative estimate of drug-likeness (QED) is 0.0874. The Morgan fingerprint density at radius 3 is 1.53 bits per heavy atom. The van der Waals surface area contributed by atoms with Crippen molar-refractivity contribution in [2.45, 2.75) is 136 Å². The van der Waals surface area contributed by atoms with Crippen molar-refractivity contribution in [1.82, 2.24) is 0 Å². The zero-order valence-corrected chi connectivity index (χ0v) is 22.2. The molecular weight excluding hydrogens is 428 g/mol. The van der Waals surface area contributed by atoms with Crippen LogP contribution in [0.1, 0.15) is 129 Å². The van der Waals surface area contributed by atoms with Gasteiger partial charge in [-0.1, -0.05) is 103 Å². The normalized spacial score (nSPS) is 11.7. The van der Waals surface area contributed by atoms with Gasteiger partial charge in [0, 0.05) is 24.2 Å². The molecule has 1 unspecified atom stereocenters. The second kappa shape index (κ2) is 23.1. The van der Waals surface area contributed by atoms with Crippen LogP contribution in [0.4, 0.5) is 0 Å². The predicted octanol–water partition coefficient (Wildman–Crippen LogP) is 7.61. The Morgan fingerprint density at radius 1 is 0.706 bits per heavy atom. The van der Waals surface area contributed by atoms with Crippen molar-refractivity contribution in [3.63, 3.8) is 0 Å². The SMILES string of the molecule is C=C(C)C(=O)OC(C)CCOC(=O)C(=C)CCCCCCCCCCCCCCCCCCO. The molecule has 0 saturated heterocycles. The Labute approximate surface area is 209 Å². The van der Waals surface area contributed by atoms with Gasteiger partial charge in [-0.05, 0) is 33.1 Å². The van der Waals surface area contributed by atoms with Crippen molar-refractivity contribution in [3.05, 3.63) is 24.3 Å². The first-order valence-electron chi connectivity index (χ1n) is 13.7. The number of hydrogen-bond donors (Lipinski definition) is 1. The van der Waals surface area contributed by atoms with E-state index in [-0.39, 0.29) is 18.7 Å². The Kier molecular flexibility index (Phi) is 22.0. The molecule has 0 radical (unpaired) electrons. The van der Waals surface area contributed by atoms with Gasteiger partial charge in [0.1, 0.15) is 6.10 Å². The molecule has 1 N–H and O–H groups in total. The fraction of sp³-hybridized carbons (Fsp3) is 0.793. The number of aliphatic hydroxyl groups is 1. The first-order chi connectivity index (χ1) is 16.4. The average molecular weight is 481 g/mol. The van der Waals surface area contributed by atoms with Gasteiger partial charge in [0.05, 0.1) is 6.61 Å². The maximum atomic E-state index is 12.0. The third kappa shape index (κ3) is 20.9. The lowest BCUT2D eigenvalue weighted by atomic mass is 10.0. The van der Waals surface area contributed by atoms with Crippen LogP contribution in [-0.4, -0.2) is 36.4 Å². The number of esters is 2. The summed E-state index contributed by atoms with van der Waals surface area (Å²) in [5.41, 5.74) is 0.887. The molecule has 0 aliphatic carbocycles. The van der Waals surface area contributed by atoms with E-state index in [0.717, 1.165) is 19.3 Å². The summed E-state index contributed by atoms with van der Waals surface area (Å²) >= 11 is 0. The van der Waals surface area contributed by atoms with E-state index in [1.54, 1.807) is 13.8 Å². The zero-order chi connectivity index (χ0) is 25.4. The van der Waals surface area contributed by atoms with Crippen molar-refractivity contribution in [3.8, 4) is 0 Å². The van der Waals surface area contributed by atoms with E-state index in [1.807, 2.05) is 0 Å². The van der Waals surface area contributed by atoms with Crippen molar-refractivity contribution >= 4 is 11.9 Å². The van der Waals surface area contributed by atoms with E-state index in [1.165, 1.54) is 83.5 Å². The van der Waals surface area contributed by atoms with Gasteiger partial charge >= 0.3 is 11.9 Å². The molecule has 0 aromatic heterocycles. The number of unbranched alkanes of at least 4 members (excludes halogenated alkanes) is 15. The summed E-state index contributed by atoms with van der Waals surface area (Å²) in [6.45, 7) is 11.3. The van der Waals surface area contributed by atoms with Crippen molar-refractivity contribution < 1.29 is 24.2 Å². The molecule has 0 heterocycles. The molecule has 5 nitrogen and oxygen atoms in total.